The van der Waals surface area contributed by atoms with Crippen molar-refractivity contribution in [3.8, 4) is 0 Å². The maximum absolute atomic E-state index is 11.3. The Bertz CT molecular complexity index is 681. The molecule has 20 heavy (non-hydrogen) atoms. The summed E-state index contributed by atoms with van der Waals surface area (Å²) in [6, 6.07) is 0. The van der Waals surface area contributed by atoms with Gasteiger partial charge in [-0.1, -0.05) is 11.8 Å². The molecule has 1 aliphatic rings. The van der Waals surface area contributed by atoms with Crippen molar-refractivity contribution in [1.29, 1.82) is 0 Å². The number of nitrogens with two attached hydrogens (primary N) is 1. The lowest BCUT2D eigenvalue weighted by Crippen LogP contribution is -2.22. The van der Waals surface area contributed by atoms with Gasteiger partial charge in [-0.05, 0) is 45.1 Å². The first-order valence-corrected chi connectivity index (χ1v) is 8.50. The maximum atomic E-state index is 11.3. The van der Waals surface area contributed by atoms with Gasteiger partial charge in [0.2, 0.25) is 5.91 Å². The number of thioether (sulfide) groups is 1. The van der Waals surface area contributed by atoms with Gasteiger partial charge in [-0.3, -0.25) is 4.79 Å². The summed E-state index contributed by atoms with van der Waals surface area (Å²) in [5.74, 6) is 0.457. The van der Waals surface area contributed by atoms with E-state index in [2.05, 4.69) is 9.97 Å². The van der Waals surface area contributed by atoms with Gasteiger partial charge in [-0.25, -0.2) is 9.97 Å². The van der Waals surface area contributed by atoms with E-state index in [1.54, 1.807) is 11.3 Å². The minimum atomic E-state index is -0.302. The summed E-state index contributed by atoms with van der Waals surface area (Å²) in [4.78, 5) is 22.9. The number of amides is 1. The van der Waals surface area contributed by atoms with Gasteiger partial charge in [-0.2, -0.15) is 0 Å². The fraction of sp³-hybridized carbons (Fsp3) is 0.500. The topological polar surface area (TPSA) is 68.9 Å². The monoisotopic (exact) mass is 307 g/mol. The van der Waals surface area contributed by atoms with Crippen molar-refractivity contribution in [1.82, 2.24) is 9.97 Å². The molecular weight excluding hydrogens is 290 g/mol. The highest BCUT2D eigenvalue weighted by Crippen LogP contribution is 2.40. The molecule has 106 valence electrons. The molecule has 0 radical (unpaired) electrons. The number of primary amides is 1. The number of aryl methyl sites for hydroxylation is 3. The maximum Gasteiger partial charge on any atom is 0.230 e. The van der Waals surface area contributed by atoms with Crippen LogP contribution in [0.25, 0.3) is 10.2 Å². The Morgan fingerprint density at radius 1 is 1.35 bits per heavy atom. The molecule has 1 aliphatic carbocycles. The quantitative estimate of drug-likeness (QED) is 0.699. The fourth-order valence-electron chi connectivity index (χ4n) is 2.54. The van der Waals surface area contributed by atoms with Gasteiger partial charge in [0.25, 0.3) is 0 Å². The fourth-order valence-corrected chi connectivity index (χ4v) is 4.88. The van der Waals surface area contributed by atoms with Crippen molar-refractivity contribution in [3.05, 3.63) is 16.3 Å². The second-order valence-corrected chi connectivity index (χ2v) is 7.54. The van der Waals surface area contributed by atoms with Crippen molar-refractivity contribution < 1.29 is 4.79 Å². The van der Waals surface area contributed by atoms with E-state index in [1.807, 2.05) is 13.8 Å². The van der Waals surface area contributed by atoms with Crippen molar-refractivity contribution in [3.63, 3.8) is 0 Å². The van der Waals surface area contributed by atoms with E-state index >= 15 is 0 Å². The van der Waals surface area contributed by atoms with Crippen molar-refractivity contribution >= 4 is 39.2 Å². The van der Waals surface area contributed by atoms with Crippen LogP contribution in [0.4, 0.5) is 0 Å². The highest BCUT2D eigenvalue weighted by atomic mass is 32.2. The second-order valence-electron chi connectivity index (χ2n) is 5.13. The minimum absolute atomic E-state index is 0.272. The summed E-state index contributed by atoms with van der Waals surface area (Å²) in [6.07, 6.45) is 4.72. The van der Waals surface area contributed by atoms with Crippen LogP contribution in [0.1, 0.15) is 36.0 Å². The van der Waals surface area contributed by atoms with Gasteiger partial charge in [0.1, 0.15) is 15.7 Å². The van der Waals surface area contributed by atoms with E-state index in [4.69, 9.17) is 5.73 Å². The summed E-state index contributed by atoms with van der Waals surface area (Å²) >= 11 is 3.24. The molecule has 6 heteroatoms. The first-order valence-electron chi connectivity index (χ1n) is 6.81. The third kappa shape index (κ3) is 2.42. The van der Waals surface area contributed by atoms with Gasteiger partial charge in [0, 0.05) is 10.3 Å². The van der Waals surface area contributed by atoms with Crippen molar-refractivity contribution in [2.45, 2.75) is 49.8 Å². The average molecular weight is 307 g/mol. The molecule has 0 saturated heterocycles. The molecule has 1 unspecified atom stereocenters. The number of hydrogen-bond donors (Lipinski definition) is 1. The molecule has 2 aromatic rings. The van der Waals surface area contributed by atoms with Gasteiger partial charge >= 0.3 is 0 Å². The van der Waals surface area contributed by atoms with Gasteiger partial charge in [-0.15, -0.1) is 11.3 Å². The molecule has 0 aliphatic heterocycles. The van der Waals surface area contributed by atoms with Gasteiger partial charge in [0.05, 0.1) is 5.25 Å². The van der Waals surface area contributed by atoms with Crippen LogP contribution in [0.5, 0.6) is 0 Å². The lowest BCUT2D eigenvalue weighted by Gasteiger charge is -2.13. The smallest absolute Gasteiger partial charge is 0.230 e. The molecular formula is C14H17N3OS2. The zero-order valence-corrected chi connectivity index (χ0v) is 13.2. The first-order chi connectivity index (χ1) is 9.56. The molecule has 0 spiro atoms. The van der Waals surface area contributed by atoms with Crippen LogP contribution < -0.4 is 5.73 Å². The number of thiophene rings is 1. The third-order valence-corrected chi connectivity index (χ3v) is 5.87. The van der Waals surface area contributed by atoms with Crippen LogP contribution in [0.15, 0.2) is 5.03 Å². The molecule has 0 bridgehead atoms. The first kappa shape index (κ1) is 13.8. The van der Waals surface area contributed by atoms with Gasteiger partial charge in [0.15, 0.2) is 0 Å². The van der Waals surface area contributed by atoms with E-state index < -0.39 is 0 Å². The number of hydrogen-bond acceptors (Lipinski definition) is 5. The van der Waals surface area contributed by atoms with E-state index in [-0.39, 0.29) is 11.2 Å². The van der Waals surface area contributed by atoms with Gasteiger partial charge < -0.3 is 5.73 Å². The normalized spacial score (nSPS) is 16.1. The summed E-state index contributed by atoms with van der Waals surface area (Å²) in [5.41, 5.74) is 6.78. The Balaban J connectivity index is 2.14. The van der Waals surface area contributed by atoms with Crippen molar-refractivity contribution in [2.24, 2.45) is 5.73 Å². The lowest BCUT2D eigenvalue weighted by molar-refractivity contribution is -0.117. The largest absolute Gasteiger partial charge is 0.369 e. The second kappa shape index (κ2) is 5.33. The molecule has 0 fully saturated rings. The molecule has 2 aromatic heterocycles. The predicted octanol–water partition coefficient (Wildman–Crippen LogP) is 2.84. The minimum Gasteiger partial charge on any atom is -0.369 e. The Morgan fingerprint density at radius 3 is 2.85 bits per heavy atom. The number of aromatic nitrogens is 2. The number of carbonyl (C=O) groups excluding carboxylic acids is 1. The average Bonchev–Trinajstić information content (AvgIpc) is 2.76. The van der Waals surface area contributed by atoms with E-state index in [0.717, 1.165) is 33.9 Å². The lowest BCUT2D eigenvalue weighted by atomic mass is 9.97. The summed E-state index contributed by atoms with van der Waals surface area (Å²) in [5, 5.41) is 1.80. The molecule has 1 amide bonds. The summed E-state index contributed by atoms with van der Waals surface area (Å²) in [7, 11) is 0. The Hall–Kier alpha value is -1.14. The standard InChI is InChI=1S/C14H17N3OS2/c1-7(12(15)18)19-13-11-9-5-3-4-6-10(9)20-14(11)17-8(2)16-13/h7H,3-6H2,1-2H3,(H2,15,18). The number of nitrogens with zero attached hydrogens (tertiary/aromatic N) is 2. The molecule has 3 rings (SSSR count). The van der Waals surface area contributed by atoms with Crippen LogP contribution in [-0.4, -0.2) is 21.1 Å². The number of carbonyl (C=O) groups is 1. The highest BCUT2D eigenvalue weighted by Gasteiger charge is 2.22. The Kier molecular flexibility index (Phi) is 3.69. The van der Waals surface area contributed by atoms with Crippen LogP contribution in [0.2, 0.25) is 0 Å². The molecule has 4 nitrogen and oxygen atoms in total. The number of rotatable bonds is 3. The van der Waals surface area contributed by atoms with Crippen LogP contribution in [0.3, 0.4) is 0 Å². The zero-order valence-electron chi connectivity index (χ0n) is 11.6. The van der Waals surface area contributed by atoms with Crippen molar-refractivity contribution in [2.75, 3.05) is 0 Å². The molecule has 2 heterocycles. The van der Waals surface area contributed by atoms with E-state index in [1.165, 1.54) is 35.0 Å². The molecule has 1 atom stereocenters. The van der Waals surface area contributed by atoms with Crippen LogP contribution >= 0.6 is 23.1 Å². The Morgan fingerprint density at radius 2 is 2.10 bits per heavy atom. The van der Waals surface area contributed by atoms with Crippen LogP contribution in [0, 0.1) is 6.92 Å². The highest BCUT2D eigenvalue weighted by molar-refractivity contribution is 8.00. The molecule has 0 aromatic carbocycles. The summed E-state index contributed by atoms with van der Waals surface area (Å²) in [6.45, 7) is 3.73. The number of fused-ring (bicyclic) bond motifs is 3. The molecule has 0 saturated carbocycles. The summed E-state index contributed by atoms with van der Waals surface area (Å²) < 4.78 is 0. The zero-order chi connectivity index (χ0) is 14.3. The van der Waals surface area contributed by atoms with Crippen LogP contribution in [-0.2, 0) is 17.6 Å². The Labute approximate surface area is 126 Å². The van der Waals surface area contributed by atoms with E-state index in [9.17, 15) is 4.79 Å². The molecule has 2 N–H and O–H groups in total. The SMILES string of the molecule is Cc1nc(SC(C)C(N)=O)c2c3c(sc2n1)CCCC3. The third-order valence-electron chi connectivity index (χ3n) is 3.58. The van der Waals surface area contributed by atoms with E-state index in [0.29, 0.717) is 0 Å². The predicted molar refractivity (Wildman–Crippen MR) is 83.3 cm³/mol.